The summed E-state index contributed by atoms with van der Waals surface area (Å²) in [5.41, 5.74) is -1.10. The van der Waals surface area contributed by atoms with E-state index in [1.807, 2.05) is 13.8 Å². The first-order valence-electron chi connectivity index (χ1n) is 9.76. The van der Waals surface area contributed by atoms with Gasteiger partial charge in [-0.05, 0) is 44.5 Å². The Morgan fingerprint density at radius 2 is 1.93 bits per heavy atom. The fourth-order valence-electron chi connectivity index (χ4n) is 2.81. The van der Waals surface area contributed by atoms with E-state index in [1.165, 1.54) is 12.2 Å². The Balaban J connectivity index is 2.75. The molecule has 1 aromatic rings. The summed E-state index contributed by atoms with van der Waals surface area (Å²) < 4.78 is 51.8. The van der Waals surface area contributed by atoms with Crippen LogP contribution in [0, 0.1) is 5.82 Å². The van der Waals surface area contributed by atoms with Crippen molar-refractivity contribution in [2.45, 2.75) is 58.7 Å². The van der Waals surface area contributed by atoms with Crippen LogP contribution in [0.3, 0.4) is 0 Å². The quantitative estimate of drug-likeness (QED) is 0.311. The smallest absolute Gasteiger partial charge is 0.335 e. The number of rotatable bonds is 11. The molecule has 0 spiro atoms. The molecule has 1 unspecified atom stereocenters. The highest BCUT2D eigenvalue weighted by Crippen LogP contribution is 2.30. The minimum Gasteiger partial charge on any atom is -0.335 e. The van der Waals surface area contributed by atoms with Gasteiger partial charge in [0.2, 0.25) is 5.91 Å². The number of nitrogens with zero attached hydrogens (tertiary/aromatic N) is 1. The molecule has 0 aromatic heterocycles. The van der Waals surface area contributed by atoms with Crippen LogP contribution in [0.2, 0.25) is 0 Å². The average Bonchev–Trinajstić information content (AvgIpc) is 2.63. The number of halogens is 4. The molecule has 0 aliphatic carbocycles. The van der Waals surface area contributed by atoms with Gasteiger partial charge in [-0.3, -0.25) is 4.79 Å². The molecule has 0 aliphatic heterocycles. The molecule has 0 saturated heterocycles. The predicted molar refractivity (Wildman–Crippen MR) is 104 cm³/mol. The van der Waals surface area contributed by atoms with Crippen molar-refractivity contribution in [1.82, 2.24) is 10.2 Å². The molecule has 0 radical (unpaired) electrons. The van der Waals surface area contributed by atoms with E-state index in [-0.39, 0.29) is 17.5 Å². The topological polar surface area (TPSA) is 32.3 Å². The lowest BCUT2D eigenvalue weighted by atomic mass is 10.1. The van der Waals surface area contributed by atoms with Gasteiger partial charge in [-0.2, -0.15) is 13.2 Å². The largest absolute Gasteiger partial charge is 0.416 e. The molecule has 0 aliphatic rings. The van der Waals surface area contributed by atoms with Gasteiger partial charge in [0.25, 0.3) is 0 Å². The molecule has 0 bridgehead atoms. The van der Waals surface area contributed by atoms with Crippen molar-refractivity contribution in [2.24, 2.45) is 0 Å². The van der Waals surface area contributed by atoms with Crippen molar-refractivity contribution in [3.63, 3.8) is 0 Å². The number of alkyl halides is 3. The summed E-state index contributed by atoms with van der Waals surface area (Å²) in [6.45, 7) is 8.12. The van der Waals surface area contributed by atoms with Crippen LogP contribution >= 0.6 is 0 Å². The number of carbonyl (C=O) groups is 1. The molecule has 7 heteroatoms. The molecule has 28 heavy (non-hydrogen) atoms. The summed E-state index contributed by atoms with van der Waals surface area (Å²) in [6.07, 6.45) is 1.99. The molecular weight excluding hydrogens is 372 g/mol. The summed E-state index contributed by atoms with van der Waals surface area (Å²) in [7, 11) is 0. The number of hydrogen-bond acceptors (Lipinski definition) is 2. The number of hydrogen-bond donors (Lipinski definition) is 1. The van der Waals surface area contributed by atoms with Gasteiger partial charge in [-0.15, -0.1) is 0 Å². The normalized spacial score (nSPS) is 13.1. The number of carbonyl (C=O) groups excluding carboxylic acids is 1. The van der Waals surface area contributed by atoms with E-state index in [0.29, 0.717) is 19.2 Å². The predicted octanol–water partition coefficient (Wildman–Crippen LogP) is 5.26. The highest BCUT2D eigenvalue weighted by atomic mass is 19.4. The standard InChI is InChI=1S/C21H30F4N2O/c1-4-6-7-12-26-15-16(3)27(13-5-2)20(28)11-9-17-8-10-18(14-19(17)22)21(23,24)25/h8-11,14,16,26H,4-7,12-13,15H2,1-3H3/b11-9+. The van der Waals surface area contributed by atoms with E-state index in [4.69, 9.17) is 0 Å². The van der Waals surface area contributed by atoms with Crippen LogP contribution in [-0.4, -0.2) is 36.5 Å². The van der Waals surface area contributed by atoms with Crippen molar-refractivity contribution < 1.29 is 22.4 Å². The fourth-order valence-corrected chi connectivity index (χ4v) is 2.81. The zero-order valence-corrected chi connectivity index (χ0v) is 16.8. The van der Waals surface area contributed by atoms with Crippen LogP contribution in [0.1, 0.15) is 57.6 Å². The highest BCUT2D eigenvalue weighted by molar-refractivity contribution is 5.92. The second-order valence-corrected chi connectivity index (χ2v) is 6.86. The summed E-state index contributed by atoms with van der Waals surface area (Å²) in [6, 6.07) is 2.23. The lowest BCUT2D eigenvalue weighted by Crippen LogP contribution is -2.44. The Bertz CT molecular complexity index is 644. The Kier molecular flexibility index (Phi) is 10.2. The third-order valence-electron chi connectivity index (χ3n) is 4.41. The Morgan fingerprint density at radius 1 is 1.21 bits per heavy atom. The maximum absolute atomic E-state index is 13.9. The summed E-state index contributed by atoms with van der Waals surface area (Å²) in [5, 5.41) is 3.33. The minimum absolute atomic E-state index is 0.0452. The molecule has 1 N–H and O–H groups in total. The highest BCUT2D eigenvalue weighted by Gasteiger charge is 2.31. The van der Waals surface area contributed by atoms with E-state index in [9.17, 15) is 22.4 Å². The molecule has 1 atom stereocenters. The first-order chi connectivity index (χ1) is 13.2. The molecule has 0 saturated carbocycles. The zero-order chi connectivity index (χ0) is 21.2. The molecule has 3 nitrogen and oxygen atoms in total. The van der Waals surface area contributed by atoms with E-state index >= 15 is 0 Å². The van der Waals surface area contributed by atoms with Crippen molar-refractivity contribution >= 4 is 12.0 Å². The van der Waals surface area contributed by atoms with Gasteiger partial charge in [0.15, 0.2) is 0 Å². The lowest BCUT2D eigenvalue weighted by Gasteiger charge is -2.28. The maximum Gasteiger partial charge on any atom is 0.416 e. The van der Waals surface area contributed by atoms with Crippen molar-refractivity contribution in [2.75, 3.05) is 19.6 Å². The number of benzene rings is 1. The van der Waals surface area contributed by atoms with E-state index in [0.717, 1.165) is 44.4 Å². The van der Waals surface area contributed by atoms with Crippen LogP contribution < -0.4 is 5.32 Å². The van der Waals surface area contributed by atoms with Crippen molar-refractivity contribution in [3.05, 3.63) is 41.2 Å². The first-order valence-corrected chi connectivity index (χ1v) is 9.76. The third kappa shape index (κ3) is 8.00. The SMILES string of the molecule is CCCCCNCC(C)N(CCC)C(=O)/C=C/c1ccc(C(F)(F)F)cc1F. The van der Waals surface area contributed by atoms with Crippen molar-refractivity contribution in [1.29, 1.82) is 0 Å². The van der Waals surface area contributed by atoms with Gasteiger partial charge in [-0.25, -0.2) is 4.39 Å². The zero-order valence-electron chi connectivity index (χ0n) is 16.8. The van der Waals surface area contributed by atoms with Gasteiger partial charge in [0, 0.05) is 30.8 Å². The molecule has 1 aromatic carbocycles. The van der Waals surface area contributed by atoms with E-state index in [2.05, 4.69) is 12.2 Å². The Hall–Kier alpha value is -1.89. The van der Waals surface area contributed by atoms with Crippen LogP contribution in [0.5, 0.6) is 0 Å². The van der Waals surface area contributed by atoms with E-state index in [1.54, 1.807) is 4.90 Å². The average molecular weight is 402 g/mol. The van der Waals surface area contributed by atoms with Crippen molar-refractivity contribution in [3.8, 4) is 0 Å². The van der Waals surface area contributed by atoms with Gasteiger partial charge in [0.05, 0.1) is 5.56 Å². The lowest BCUT2D eigenvalue weighted by molar-refractivity contribution is -0.137. The van der Waals surface area contributed by atoms with E-state index < -0.39 is 17.6 Å². The first kappa shape index (κ1) is 24.1. The molecule has 0 fully saturated rings. The fraction of sp³-hybridized carbons (Fsp3) is 0.571. The summed E-state index contributed by atoms with van der Waals surface area (Å²) >= 11 is 0. The Morgan fingerprint density at radius 3 is 2.50 bits per heavy atom. The summed E-state index contributed by atoms with van der Waals surface area (Å²) in [5.74, 6) is -1.30. The Labute approximate surface area is 164 Å². The monoisotopic (exact) mass is 402 g/mol. The van der Waals surface area contributed by atoms with Crippen LogP contribution in [-0.2, 0) is 11.0 Å². The summed E-state index contributed by atoms with van der Waals surface area (Å²) in [4.78, 5) is 14.2. The molecule has 1 rings (SSSR count). The van der Waals surface area contributed by atoms with Gasteiger partial charge >= 0.3 is 6.18 Å². The molecule has 0 heterocycles. The second-order valence-electron chi connectivity index (χ2n) is 6.86. The van der Waals surface area contributed by atoms with Gasteiger partial charge in [-0.1, -0.05) is 32.8 Å². The minimum atomic E-state index is -4.60. The molecule has 158 valence electrons. The maximum atomic E-state index is 13.9. The van der Waals surface area contributed by atoms with Crippen LogP contribution in [0.15, 0.2) is 24.3 Å². The number of amides is 1. The number of unbranched alkanes of at least 4 members (excludes halogenated alkanes) is 2. The molecular formula is C21H30F4N2O. The van der Waals surface area contributed by atoms with Crippen LogP contribution in [0.25, 0.3) is 6.08 Å². The number of nitrogens with one attached hydrogen (secondary N) is 1. The molecule has 1 amide bonds. The van der Waals surface area contributed by atoms with Gasteiger partial charge < -0.3 is 10.2 Å². The van der Waals surface area contributed by atoms with Crippen LogP contribution in [0.4, 0.5) is 17.6 Å². The third-order valence-corrected chi connectivity index (χ3v) is 4.41. The second kappa shape index (κ2) is 11.8. The van der Waals surface area contributed by atoms with Gasteiger partial charge in [0.1, 0.15) is 5.82 Å².